The van der Waals surface area contributed by atoms with Crippen LogP contribution in [0.3, 0.4) is 0 Å². The van der Waals surface area contributed by atoms with E-state index in [1.54, 1.807) is 0 Å². The highest BCUT2D eigenvalue weighted by Crippen LogP contribution is 2.49. The third-order valence-electron chi connectivity index (χ3n) is 2.62. The molecule has 2 rings (SSSR count). The van der Waals surface area contributed by atoms with Crippen LogP contribution in [0.15, 0.2) is 6.07 Å². The fourth-order valence-electron chi connectivity index (χ4n) is 1.61. The average Bonchev–Trinajstić information content (AvgIpc) is 2.90. The molecule has 0 atom stereocenters. The standard InChI is InChI=1S/C10H10ClF2NO/c1-15-9-6(12)4-5(11)8(13)7(9)10(14)2-3-10/h4H,2-3,14H2,1H3. The first-order valence-corrected chi connectivity index (χ1v) is 4.88. The Bertz CT molecular complexity index is 418. The van der Waals surface area contributed by atoms with Crippen molar-refractivity contribution in [2.45, 2.75) is 18.4 Å². The molecule has 2 nitrogen and oxygen atoms in total. The van der Waals surface area contributed by atoms with Gasteiger partial charge in [-0.05, 0) is 18.9 Å². The molecular formula is C10H10ClF2NO. The van der Waals surface area contributed by atoms with Crippen LogP contribution in [0.25, 0.3) is 0 Å². The zero-order valence-electron chi connectivity index (χ0n) is 8.11. The molecule has 0 heterocycles. The lowest BCUT2D eigenvalue weighted by Gasteiger charge is -2.16. The van der Waals surface area contributed by atoms with Crippen molar-refractivity contribution < 1.29 is 13.5 Å². The van der Waals surface area contributed by atoms with E-state index in [2.05, 4.69) is 0 Å². The summed E-state index contributed by atoms with van der Waals surface area (Å²) in [7, 11) is 1.28. The molecule has 2 N–H and O–H groups in total. The number of methoxy groups -OCH3 is 1. The quantitative estimate of drug-likeness (QED) is 0.797. The topological polar surface area (TPSA) is 35.2 Å². The molecular weight excluding hydrogens is 224 g/mol. The lowest BCUT2D eigenvalue weighted by Crippen LogP contribution is -2.22. The molecule has 1 aliphatic rings. The van der Waals surface area contributed by atoms with E-state index in [9.17, 15) is 8.78 Å². The molecule has 5 heteroatoms. The number of hydrogen-bond acceptors (Lipinski definition) is 2. The molecule has 0 saturated heterocycles. The van der Waals surface area contributed by atoms with Crippen LogP contribution in [0.2, 0.25) is 5.02 Å². The second kappa shape index (κ2) is 3.32. The molecule has 1 saturated carbocycles. The molecule has 1 aromatic rings. The summed E-state index contributed by atoms with van der Waals surface area (Å²) in [5.74, 6) is -1.51. The first-order valence-electron chi connectivity index (χ1n) is 4.50. The van der Waals surface area contributed by atoms with E-state index in [1.807, 2.05) is 0 Å². The van der Waals surface area contributed by atoms with Crippen LogP contribution in [-0.4, -0.2) is 7.11 Å². The normalized spacial score (nSPS) is 17.7. The molecule has 1 aromatic carbocycles. The number of benzene rings is 1. The number of rotatable bonds is 2. The van der Waals surface area contributed by atoms with Gasteiger partial charge in [0, 0.05) is 5.54 Å². The summed E-state index contributed by atoms with van der Waals surface area (Å²) in [6.45, 7) is 0. The Labute approximate surface area is 91.0 Å². The van der Waals surface area contributed by atoms with Gasteiger partial charge in [0.15, 0.2) is 17.4 Å². The Kier molecular flexibility index (Phi) is 2.35. The summed E-state index contributed by atoms with van der Waals surface area (Å²) in [5.41, 5.74) is 5.07. The highest BCUT2D eigenvalue weighted by atomic mass is 35.5. The van der Waals surface area contributed by atoms with Crippen LogP contribution in [0.4, 0.5) is 8.78 Å². The van der Waals surface area contributed by atoms with Crippen molar-refractivity contribution in [1.82, 2.24) is 0 Å². The molecule has 0 aromatic heterocycles. The van der Waals surface area contributed by atoms with Gasteiger partial charge < -0.3 is 10.5 Å². The van der Waals surface area contributed by atoms with E-state index in [4.69, 9.17) is 22.1 Å². The third kappa shape index (κ3) is 1.58. The maximum Gasteiger partial charge on any atom is 0.167 e. The lowest BCUT2D eigenvalue weighted by atomic mass is 10.0. The van der Waals surface area contributed by atoms with E-state index < -0.39 is 17.2 Å². The average molecular weight is 234 g/mol. The maximum atomic E-state index is 13.7. The number of ether oxygens (including phenoxy) is 1. The van der Waals surface area contributed by atoms with Crippen molar-refractivity contribution in [2.24, 2.45) is 5.73 Å². The van der Waals surface area contributed by atoms with Crippen LogP contribution in [0, 0.1) is 11.6 Å². The molecule has 0 aliphatic heterocycles. The monoisotopic (exact) mass is 233 g/mol. The molecule has 0 unspecified atom stereocenters. The van der Waals surface area contributed by atoms with Gasteiger partial charge in [-0.25, -0.2) is 8.78 Å². The van der Waals surface area contributed by atoms with E-state index >= 15 is 0 Å². The van der Waals surface area contributed by atoms with Crippen molar-refractivity contribution in [3.05, 3.63) is 28.3 Å². The second-order valence-electron chi connectivity index (χ2n) is 3.72. The van der Waals surface area contributed by atoms with Gasteiger partial charge in [0.25, 0.3) is 0 Å². The van der Waals surface area contributed by atoms with Gasteiger partial charge in [-0.15, -0.1) is 0 Å². The predicted octanol–water partition coefficient (Wildman–Crippen LogP) is 2.57. The molecule has 0 bridgehead atoms. The maximum absolute atomic E-state index is 13.7. The SMILES string of the molecule is COc1c(F)cc(Cl)c(F)c1C1(N)CC1. The molecule has 15 heavy (non-hydrogen) atoms. The molecule has 0 amide bonds. The van der Waals surface area contributed by atoms with Gasteiger partial charge in [-0.1, -0.05) is 11.6 Å². The first kappa shape index (κ1) is 10.6. The van der Waals surface area contributed by atoms with E-state index in [0.717, 1.165) is 6.07 Å². The predicted molar refractivity (Wildman–Crippen MR) is 53.0 cm³/mol. The van der Waals surface area contributed by atoms with E-state index in [1.165, 1.54) is 7.11 Å². The van der Waals surface area contributed by atoms with Crippen LogP contribution >= 0.6 is 11.6 Å². The molecule has 0 spiro atoms. The summed E-state index contributed by atoms with van der Waals surface area (Å²) >= 11 is 5.56. The summed E-state index contributed by atoms with van der Waals surface area (Å²) in [6.07, 6.45) is 1.22. The Morgan fingerprint density at radius 2 is 2.07 bits per heavy atom. The summed E-state index contributed by atoms with van der Waals surface area (Å²) in [5, 5.41) is -0.264. The molecule has 82 valence electrons. The van der Waals surface area contributed by atoms with Crippen molar-refractivity contribution in [3.63, 3.8) is 0 Å². The largest absolute Gasteiger partial charge is 0.493 e. The van der Waals surface area contributed by atoms with Gasteiger partial charge in [-0.3, -0.25) is 0 Å². The van der Waals surface area contributed by atoms with E-state index in [-0.39, 0.29) is 16.3 Å². The Hall–Kier alpha value is -0.870. The van der Waals surface area contributed by atoms with Gasteiger partial charge >= 0.3 is 0 Å². The molecule has 1 aliphatic carbocycles. The summed E-state index contributed by atoms with van der Waals surface area (Å²) in [4.78, 5) is 0. The van der Waals surface area contributed by atoms with Crippen molar-refractivity contribution in [3.8, 4) is 5.75 Å². The first-order chi connectivity index (χ1) is 6.99. The fourth-order valence-corrected chi connectivity index (χ4v) is 1.80. The minimum absolute atomic E-state index is 0.0509. The lowest BCUT2D eigenvalue weighted by molar-refractivity contribution is 0.369. The number of hydrogen-bond donors (Lipinski definition) is 1. The number of nitrogens with two attached hydrogens (primary N) is 1. The van der Waals surface area contributed by atoms with Crippen molar-refractivity contribution >= 4 is 11.6 Å². The summed E-state index contributed by atoms with van der Waals surface area (Å²) in [6, 6.07) is 0.894. The van der Waals surface area contributed by atoms with Crippen molar-refractivity contribution in [1.29, 1.82) is 0 Å². The van der Waals surface area contributed by atoms with Gasteiger partial charge in [0.05, 0.1) is 17.7 Å². The zero-order chi connectivity index (χ0) is 11.2. The Balaban J connectivity index is 2.68. The third-order valence-corrected chi connectivity index (χ3v) is 2.89. The van der Waals surface area contributed by atoms with Gasteiger partial charge in [0.1, 0.15) is 0 Å². The Morgan fingerprint density at radius 3 is 2.53 bits per heavy atom. The van der Waals surface area contributed by atoms with Gasteiger partial charge in [0.2, 0.25) is 0 Å². The van der Waals surface area contributed by atoms with Crippen LogP contribution < -0.4 is 10.5 Å². The zero-order valence-corrected chi connectivity index (χ0v) is 8.87. The number of halogens is 3. The van der Waals surface area contributed by atoms with Gasteiger partial charge in [-0.2, -0.15) is 0 Å². The molecule has 0 radical (unpaired) electrons. The highest BCUT2D eigenvalue weighted by Gasteiger charge is 2.45. The smallest absolute Gasteiger partial charge is 0.167 e. The minimum Gasteiger partial charge on any atom is -0.493 e. The Morgan fingerprint density at radius 1 is 1.47 bits per heavy atom. The highest BCUT2D eigenvalue weighted by molar-refractivity contribution is 6.30. The van der Waals surface area contributed by atoms with Crippen LogP contribution in [0.1, 0.15) is 18.4 Å². The second-order valence-corrected chi connectivity index (χ2v) is 4.13. The summed E-state index contributed by atoms with van der Waals surface area (Å²) < 4.78 is 31.9. The minimum atomic E-state index is -0.818. The van der Waals surface area contributed by atoms with E-state index in [0.29, 0.717) is 12.8 Å². The fraction of sp³-hybridized carbons (Fsp3) is 0.400. The van der Waals surface area contributed by atoms with Crippen molar-refractivity contribution in [2.75, 3.05) is 7.11 Å². The van der Waals surface area contributed by atoms with Crippen LogP contribution in [0.5, 0.6) is 5.75 Å². The van der Waals surface area contributed by atoms with Crippen LogP contribution in [-0.2, 0) is 5.54 Å². The molecule has 1 fully saturated rings.